The Bertz CT molecular complexity index is 826. The van der Waals surface area contributed by atoms with Crippen molar-refractivity contribution in [1.29, 1.82) is 0 Å². The molecule has 0 aliphatic rings. The molecule has 3 amide bonds. The van der Waals surface area contributed by atoms with E-state index in [1.807, 2.05) is 26.8 Å². The number of nitrogens with one attached hydrogen (secondary N) is 2. The molecule has 0 aliphatic carbocycles. The van der Waals surface area contributed by atoms with Crippen molar-refractivity contribution in [3.8, 4) is 0 Å². The number of benzene rings is 2. The summed E-state index contributed by atoms with van der Waals surface area (Å²) in [6.07, 6.45) is 0. The molecule has 27 heavy (non-hydrogen) atoms. The Morgan fingerprint density at radius 1 is 0.926 bits per heavy atom. The molecule has 0 heterocycles. The molecule has 0 aromatic heterocycles. The Morgan fingerprint density at radius 3 is 2.19 bits per heavy atom. The van der Waals surface area contributed by atoms with Crippen molar-refractivity contribution in [2.45, 2.75) is 26.3 Å². The maximum Gasteiger partial charge on any atom is 0.254 e. The summed E-state index contributed by atoms with van der Waals surface area (Å²) < 4.78 is 0. The molecule has 0 unspecified atom stereocenters. The maximum absolute atomic E-state index is 12.3. The second-order valence-corrected chi connectivity index (χ2v) is 7.36. The van der Waals surface area contributed by atoms with Crippen LogP contribution in [0.25, 0.3) is 0 Å². The third kappa shape index (κ3) is 6.26. The van der Waals surface area contributed by atoms with E-state index in [-0.39, 0.29) is 29.8 Å². The number of carbonyl (C=O) groups excluding carboxylic acids is 3. The molecule has 2 rings (SSSR count). The molecule has 2 N–H and O–H groups in total. The fourth-order valence-electron chi connectivity index (χ4n) is 2.44. The minimum atomic E-state index is -0.350. The molecule has 2 aromatic carbocycles. The maximum atomic E-state index is 12.3. The van der Waals surface area contributed by atoms with Crippen LogP contribution < -0.4 is 10.6 Å². The van der Waals surface area contributed by atoms with Crippen molar-refractivity contribution >= 4 is 23.4 Å². The molecule has 0 bridgehead atoms. The van der Waals surface area contributed by atoms with Gasteiger partial charge in [0.2, 0.25) is 5.91 Å². The summed E-state index contributed by atoms with van der Waals surface area (Å²) in [6, 6.07) is 15.5. The highest BCUT2D eigenvalue weighted by Crippen LogP contribution is 2.12. The zero-order valence-corrected chi connectivity index (χ0v) is 16.1. The molecule has 0 saturated carbocycles. The fraction of sp³-hybridized carbons (Fsp3) is 0.286. The van der Waals surface area contributed by atoms with Crippen LogP contribution in [0.15, 0.2) is 54.6 Å². The normalized spacial score (nSPS) is 10.8. The van der Waals surface area contributed by atoms with Gasteiger partial charge in [0.25, 0.3) is 11.8 Å². The largest absolute Gasteiger partial charge is 0.347 e. The molecule has 0 spiro atoms. The lowest BCUT2D eigenvalue weighted by atomic mass is 10.1. The fourth-order valence-corrected chi connectivity index (χ4v) is 2.44. The zero-order chi connectivity index (χ0) is 20.0. The lowest BCUT2D eigenvalue weighted by molar-refractivity contribution is -0.116. The van der Waals surface area contributed by atoms with Crippen LogP contribution >= 0.6 is 0 Å². The van der Waals surface area contributed by atoms with Gasteiger partial charge in [0.1, 0.15) is 0 Å². The number of likely N-dealkylation sites (N-methyl/N-ethyl adjacent to an activating group) is 1. The van der Waals surface area contributed by atoms with Crippen LogP contribution in [0.1, 0.15) is 41.5 Å². The predicted octanol–water partition coefficient (Wildman–Crippen LogP) is 2.93. The summed E-state index contributed by atoms with van der Waals surface area (Å²) in [4.78, 5) is 38.2. The molecule has 6 nitrogen and oxygen atoms in total. The van der Waals surface area contributed by atoms with Gasteiger partial charge in [-0.3, -0.25) is 14.4 Å². The van der Waals surface area contributed by atoms with Crippen molar-refractivity contribution in [2.24, 2.45) is 0 Å². The molecule has 0 fully saturated rings. The van der Waals surface area contributed by atoms with Crippen molar-refractivity contribution in [3.05, 3.63) is 65.7 Å². The van der Waals surface area contributed by atoms with Crippen LogP contribution in [0.2, 0.25) is 0 Å². The third-order valence-electron chi connectivity index (χ3n) is 3.65. The number of nitrogens with zero attached hydrogens (tertiary/aromatic N) is 1. The van der Waals surface area contributed by atoms with Crippen LogP contribution in [0, 0.1) is 0 Å². The summed E-state index contributed by atoms with van der Waals surface area (Å²) in [5, 5.41) is 5.60. The number of rotatable bonds is 5. The lowest BCUT2D eigenvalue weighted by Crippen LogP contribution is -2.40. The van der Waals surface area contributed by atoms with Gasteiger partial charge in [0, 0.05) is 29.4 Å². The molecular formula is C21H25N3O3. The molecule has 6 heteroatoms. The van der Waals surface area contributed by atoms with Gasteiger partial charge in [0.05, 0.1) is 6.54 Å². The van der Waals surface area contributed by atoms with Gasteiger partial charge in [-0.25, -0.2) is 0 Å². The van der Waals surface area contributed by atoms with Gasteiger partial charge in [-0.1, -0.05) is 24.3 Å². The molecule has 142 valence electrons. The van der Waals surface area contributed by atoms with Gasteiger partial charge in [-0.05, 0) is 51.1 Å². The first kappa shape index (κ1) is 20.2. The van der Waals surface area contributed by atoms with Crippen LogP contribution in [0.4, 0.5) is 5.69 Å². The molecule has 2 aromatic rings. The van der Waals surface area contributed by atoms with Gasteiger partial charge >= 0.3 is 0 Å². The number of hydrogen-bond donors (Lipinski definition) is 2. The third-order valence-corrected chi connectivity index (χ3v) is 3.65. The smallest absolute Gasteiger partial charge is 0.254 e. The van der Waals surface area contributed by atoms with E-state index in [9.17, 15) is 14.4 Å². The first-order valence-corrected chi connectivity index (χ1v) is 8.69. The SMILES string of the molecule is CN(CC(=O)Nc1cccc(C(=O)NC(C)(C)C)c1)C(=O)c1ccccc1. The van der Waals surface area contributed by atoms with E-state index >= 15 is 0 Å². The Balaban J connectivity index is 1.98. The van der Waals surface area contributed by atoms with Crippen LogP contribution in [0.3, 0.4) is 0 Å². The minimum absolute atomic E-state index is 0.0911. The molecule has 0 saturated heterocycles. The first-order valence-electron chi connectivity index (χ1n) is 8.69. The first-order chi connectivity index (χ1) is 12.7. The highest BCUT2D eigenvalue weighted by molar-refractivity contribution is 6.00. The van der Waals surface area contributed by atoms with Gasteiger partial charge in [-0.2, -0.15) is 0 Å². The average molecular weight is 367 g/mol. The van der Waals surface area contributed by atoms with Gasteiger partial charge < -0.3 is 15.5 Å². The highest BCUT2D eigenvalue weighted by atomic mass is 16.2. The highest BCUT2D eigenvalue weighted by Gasteiger charge is 2.17. The number of hydrogen-bond acceptors (Lipinski definition) is 3. The predicted molar refractivity (Wildman–Crippen MR) is 106 cm³/mol. The van der Waals surface area contributed by atoms with E-state index in [1.165, 1.54) is 4.90 Å². The summed E-state index contributed by atoms with van der Waals surface area (Å²) in [6.45, 7) is 5.61. The Hall–Kier alpha value is -3.15. The van der Waals surface area contributed by atoms with Crippen molar-refractivity contribution < 1.29 is 14.4 Å². The van der Waals surface area contributed by atoms with E-state index in [0.717, 1.165) is 0 Å². The second kappa shape index (κ2) is 8.49. The lowest BCUT2D eigenvalue weighted by Gasteiger charge is -2.21. The topological polar surface area (TPSA) is 78.5 Å². The van der Waals surface area contributed by atoms with Crippen molar-refractivity contribution in [3.63, 3.8) is 0 Å². The number of anilines is 1. The monoisotopic (exact) mass is 367 g/mol. The summed E-state index contributed by atoms with van der Waals surface area (Å²) in [5.74, 6) is -0.783. The van der Waals surface area contributed by atoms with Gasteiger partial charge in [-0.15, -0.1) is 0 Å². The Kier molecular flexibility index (Phi) is 6.34. The van der Waals surface area contributed by atoms with E-state index in [2.05, 4.69) is 10.6 Å². The van der Waals surface area contributed by atoms with E-state index in [1.54, 1.807) is 55.6 Å². The quantitative estimate of drug-likeness (QED) is 0.853. The summed E-state index contributed by atoms with van der Waals surface area (Å²) in [7, 11) is 1.57. The molecule has 0 atom stereocenters. The van der Waals surface area contributed by atoms with E-state index in [0.29, 0.717) is 16.8 Å². The average Bonchev–Trinajstić information content (AvgIpc) is 2.60. The molecular weight excluding hydrogens is 342 g/mol. The molecule has 0 aliphatic heterocycles. The Morgan fingerprint density at radius 2 is 1.56 bits per heavy atom. The van der Waals surface area contributed by atoms with Crippen LogP contribution in [-0.2, 0) is 4.79 Å². The van der Waals surface area contributed by atoms with Crippen LogP contribution in [0.5, 0.6) is 0 Å². The number of amides is 3. The summed E-state index contributed by atoms with van der Waals surface area (Å²) >= 11 is 0. The minimum Gasteiger partial charge on any atom is -0.347 e. The Labute approximate surface area is 159 Å². The van der Waals surface area contributed by atoms with E-state index < -0.39 is 0 Å². The number of carbonyl (C=O) groups is 3. The van der Waals surface area contributed by atoms with Gasteiger partial charge in [0.15, 0.2) is 0 Å². The standard InChI is InChI=1S/C21H25N3O3/c1-21(2,3)23-19(26)16-11-8-12-17(13-16)22-18(25)14-24(4)20(27)15-9-6-5-7-10-15/h5-13H,14H2,1-4H3,(H,22,25)(H,23,26). The van der Waals surface area contributed by atoms with E-state index in [4.69, 9.17) is 0 Å². The summed E-state index contributed by atoms with van der Waals surface area (Å²) in [5.41, 5.74) is 1.13. The molecule has 0 radical (unpaired) electrons. The van der Waals surface area contributed by atoms with Crippen molar-refractivity contribution in [1.82, 2.24) is 10.2 Å². The zero-order valence-electron chi connectivity index (χ0n) is 16.1. The van der Waals surface area contributed by atoms with Crippen LogP contribution in [-0.4, -0.2) is 41.8 Å². The second-order valence-electron chi connectivity index (χ2n) is 7.36. The van der Waals surface area contributed by atoms with Crippen molar-refractivity contribution in [2.75, 3.05) is 18.9 Å².